The third kappa shape index (κ3) is 2.50. The molecular weight excluding hydrogens is 188 g/mol. The van der Waals surface area contributed by atoms with Crippen LogP contribution in [0.2, 0.25) is 0 Å². The number of nitrogens with zero attached hydrogens (tertiary/aromatic N) is 1. The van der Waals surface area contributed by atoms with Gasteiger partial charge in [-0.05, 0) is 38.5 Å². The van der Waals surface area contributed by atoms with Crippen molar-refractivity contribution in [3.8, 4) is 6.07 Å². The van der Waals surface area contributed by atoms with Gasteiger partial charge in [0.05, 0.1) is 6.07 Å². The predicted octanol–water partition coefficient (Wildman–Crippen LogP) is 2.23. The maximum atomic E-state index is 11.7. The van der Waals surface area contributed by atoms with Gasteiger partial charge in [0.1, 0.15) is 5.41 Å². The Labute approximate surface area is 91.9 Å². The van der Waals surface area contributed by atoms with Crippen LogP contribution in [0.25, 0.3) is 0 Å². The van der Waals surface area contributed by atoms with E-state index in [-0.39, 0.29) is 5.91 Å². The van der Waals surface area contributed by atoms with Gasteiger partial charge in [-0.1, -0.05) is 13.3 Å². The second-order valence-corrected chi connectivity index (χ2v) is 5.13. The summed E-state index contributed by atoms with van der Waals surface area (Å²) in [6, 6.07) is 2.02. The molecule has 0 saturated heterocycles. The van der Waals surface area contributed by atoms with E-state index in [2.05, 4.69) is 12.2 Å². The minimum Gasteiger partial charge on any atom is -0.354 e. The number of nitriles is 1. The van der Waals surface area contributed by atoms with Crippen LogP contribution in [0, 0.1) is 22.2 Å². The van der Waals surface area contributed by atoms with Crippen molar-refractivity contribution in [2.45, 2.75) is 46.5 Å². The quantitative estimate of drug-likeness (QED) is 0.770. The Hall–Kier alpha value is -1.04. The Bertz CT molecular complexity index is 279. The molecule has 1 amide bonds. The first-order chi connectivity index (χ1) is 6.96. The van der Waals surface area contributed by atoms with Crippen molar-refractivity contribution in [3.63, 3.8) is 0 Å². The molecule has 0 atom stereocenters. The van der Waals surface area contributed by atoms with Crippen LogP contribution in [-0.4, -0.2) is 12.5 Å². The van der Waals surface area contributed by atoms with Crippen LogP contribution in [0.3, 0.4) is 0 Å². The molecule has 0 bridgehead atoms. The van der Waals surface area contributed by atoms with Crippen molar-refractivity contribution < 1.29 is 4.79 Å². The van der Waals surface area contributed by atoms with Crippen LogP contribution in [0.1, 0.15) is 46.5 Å². The Kier molecular flexibility index (Phi) is 3.38. The van der Waals surface area contributed by atoms with Crippen LogP contribution >= 0.6 is 0 Å². The average Bonchev–Trinajstić information content (AvgIpc) is 2.16. The summed E-state index contributed by atoms with van der Waals surface area (Å²) in [6.07, 6.45) is 4.79. The van der Waals surface area contributed by atoms with E-state index in [0.717, 1.165) is 13.0 Å². The lowest BCUT2D eigenvalue weighted by Crippen LogP contribution is -2.45. The minimum absolute atomic E-state index is 0.148. The van der Waals surface area contributed by atoms with Gasteiger partial charge in [-0.25, -0.2) is 0 Å². The first-order valence-electron chi connectivity index (χ1n) is 5.65. The Morgan fingerprint density at radius 3 is 2.47 bits per heavy atom. The van der Waals surface area contributed by atoms with Crippen LogP contribution in [0.5, 0.6) is 0 Å². The molecule has 0 aromatic carbocycles. The molecule has 1 aliphatic rings. The molecule has 3 nitrogen and oxygen atoms in total. The molecule has 0 aliphatic heterocycles. The normalized spacial score (nSPS) is 18.8. The Morgan fingerprint density at radius 1 is 1.53 bits per heavy atom. The number of carbonyl (C=O) groups excluding carboxylic acids is 1. The molecule has 0 aromatic rings. The highest BCUT2D eigenvalue weighted by molar-refractivity contribution is 5.84. The van der Waals surface area contributed by atoms with Crippen LogP contribution in [0.4, 0.5) is 0 Å². The molecular formula is C12H20N2O. The van der Waals surface area contributed by atoms with Crippen molar-refractivity contribution >= 4 is 5.91 Å². The van der Waals surface area contributed by atoms with Gasteiger partial charge in [0.2, 0.25) is 5.91 Å². The summed E-state index contributed by atoms with van der Waals surface area (Å²) in [5, 5.41) is 11.7. The highest BCUT2D eigenvalue weighted by Gasteiger charge is 2.36. The molecule has 0 unspecified atom stereocenters. The lowest BCUT2D eigenvalue weighted by molar-refractivity contribution is -0.127. The van der Waals surface area contributed by atoms with Gasteiger partial charge >= 0.3 is 0 Å². The van der Waals surface area contributed by atoms with Gasteiger partial charge in [0, 0.05) is 6.54 Å². The zero-order valence-electron chi connectivity index (χ0n) is 9.89. The Morgan fingerprint density at radius 2 is 2.13 bits per heavy atom. The summed E-state index contributed by atoms with van der Waals surface area (Å²) in [6.45, 7) is 6.21. The van der Waals surface area contributed by atoms with Crippen molar-refractivity contribution in [3.05, 3.63) is 0 Å². The lowest BCUT2D eigenvalue weighted by atomic mass is 9.67. The summed E-state index contributed by atoms with van der Waals surface area (Å²) in [5.41, 5.74) is -0.583. The highest BCUT2D eigenvalue weighted by Crippen LogP contribution is 2.43. The standard InChI is InChI=1S/C12H20N2O/c1-4-12(6-5-7-12)9-14-10(15)11(2,3)8-13/h4-7,9H2,1-3H3,(H,14,15). The minimum atomic E-state index is -0.904. The monoisotopic (exact) mass is 208 g/mol. The van der Waals surface area contributed by atoms with Crippen molar-refractivity contribution in [2.24, 2.45) is 10.8 Å². The van der Waals surface area contributed by atoms with Crippen LogP contribution in [0.15, 0.2) is 0 Å². The molecule has 3 heteroatoms. The fourth-order valence-corrected chi connectivity index (χ4v) is 1.87. The number of rotatable bonds is 4. The van der Waals surface area contributed by atoms with Crippen molar-refractivity contribution in [1.29, 1.82) is 5.26 Å². The molecule has 0 spiro atoms. The maximum Gasteiger partial charge on any atom is 0.239 e. The molecule has 0 aromatic heterocycles. The summed E-state index contributed by atoms with van der Waals surface area (Å²) in [5.74, 6) is -0.148. The average molecular weight is 208 g/mol. The van der Waals surface area contributed by atoms with Gasteiger partial charge in [-0.3, -0.25) is 4.79 Å². The molecule has 84 valence electrons. The maximum absolute atomic E-state index is 11.7. The van der Waals surface area contributed by atoms with E-state index in [0.29, 0.717) is 5.41 Å². The third-order valence-corrected chi connectivity index (χ3v) is 3.64. The molecule has 1 saturated carbocycles. The van der Waals surface area contributed by atoms with E-state index in [4.69, 9.17) is 5.26 Å². The lowest BCUT2D eigenvalue weighted by Gasteiger charge is -2.41. The summed E-state index contributed by atoms with van der Waals surface area (Å²) in [4.78, 5) is 11.7. The first kappa shape index (κ1) is 12.0. The zero-order chi connectivity index (χ0) is 11.5. The van der Waals surface area contributed by atoms with Crippen LogP contribution < -0.4 is 5.32 Å². The van der Waals surface area contributed by atoms with Crippen molar-refractivity contribution in [2.75, 3.05) is 6.54 Å². The first-order valence-corrected chi connectivity index (χ1v) is 5.65. The number of nitrogens with one attached hydrogen (secondary N) is 1. The van der Waals surface area contributed by atoms with E-state index >= 15 is 0 Å². The zero-order valence-corrected chi connectivity index (χ0v) is 9.89. The molecule has 1 N–H and O–H groups in total. The predicted molar refractivity (Wildman–Crippen MR) is 59.0 cm³/mol. The summed E-state index contributed by atoms with van der Waals surface area (Å²) in [7, 11) is 0. The van der Waals surface area contributed by atoms with Gasteiger partial charge < -0.3 is 5.32 Å². The summed E-state index contributed by atoms with van der Waals surface area (Å²) < 4.78 is 0. The molecule has 1 aliphatic carbocycles. The molecule has 15 heavy (non-hydrogen) atoms. The number of amides is 1. The SMILES string of the molecule is CCC1(CNC(=O)C(C)(C)C#N)CCC1. The Balaban J connectivity index is 2.44. The van der Waals surface area contributed by atoms with Gasteiger partial charge in [-0.2, -0.15) is 5.26 Å². The van der Waals surface area contributed by atoms with Crippen LogP contribution in [-0.2, 0) is 4.79 Å². The molecule has 1 rings (SSSR count). The van der Waals surface area contributed by atoms with Crippen molar-refractivity contribution in [1.82, 2.24) is 5.32 Å². The molecule has 0 radical (unpaired) electrons. The highest BCUT2D eigenvalue weighted by atomic mass is 16.2. The van der Waals surface area contributed by atoms with E-state index in [9.17, 15) is 4.79 Å². The van der Waals surface area contributed by atoms with Gasteiger partial charge in [-0.15, -0.1) is 0 Å². The van der Waals surface area contributed by atoms with E-state index in [1.807, 2.05) is 6.07 Å². The van der Waals surface area contributed by atoms with Gasteiger partial charge in [0.25, 0.3) is 0 Å². The largest absolute Gasteiger partial charge is 0.354 e. The fourth-order valence-electron chi connectivity index (χ4n) is 1.87. The summed E-state index contributed by atoms with van der Waals surface area (Å²) >= 11 is 0. The van der Waals surface area contributed by atoms with Gasteiger partial charge in [0.15, 0.2) is 0 Å². The topological polar surface area (TPSA) is 52.9 Å². The van der Waals surface area contributed by atoms with E-state index in [1.165, 1.54) is 19.3 Å². The second-order valence-electron chi connectivity index (χ2n) is 5.13. The number of carbonyl (C=O) groups is 1. The third-order valence-electron chi connectivity index (χ3n) is 3.64. The smallest absolute Gasteiger partial charge is 0.239 e. The second kappa shape index (κ2) is 4.22. The number of hydrogen-bond donors (Lipinski definition) is 1. The van der Waals surface area contributed by atoms with E-state index < -0.39 is 5.41 Å². The molecule has 1 fully saturated rings. The number of hydrogen-bond acceptors (Lipinski definition) is 2. The van der Waals surface area contributed by atoms with E-state index in [1.54, 1.807) is 13.8 Å². The molecule has 0 heterocycles. The fraction of sp³-hybridized carbons (Fsp3) is 0.833.